The zero-order chi connectivity index (χ0) is 16.2. The number of para-hydroxylation sites is 1. The molecule has 1 aliphatic rings. The van der Waals surface area contributed by atoms with Gasteiger partial charge in [-0.15, -0.1) is 0 Å². The van der Waals surface area contributed by atoms with E-state index in [4.69, 9.17) is 0 Å². The zero-order valence-corrected chi connectivity index (χ0v) is 13.2. The summed E-state index contributed by atoms with van der Waals surface area (Å²) in [5.74, 6) is -0.125. The number of nitrogens with zero attached hydrogens (tertiary/aromatic N) is 4. The van der Waals surface area contributed by atoms with Crippen LogP contribution in [0, 0.1) is 5.82 Å². The van der Waals surface area contributed by atoms with E-state index in [-0.39, 0.29) is 17.8 Å². The number of halogens is 1. The van der Waals surface area contributed by atoms with Gasteiger partial charge >= 0.3 is 0 Å². The molecule has 0 unspecified atom stereocenters. The molecule has 0 saturated carbocycles. The van der Waals surface area contributed by atoms with Crippen molar-refractivity contribution in [3.8, 4) is 0 Å². The van der Waals surface area contributed by atoms with Crippen molar-refractivity contribution in [3.63, 3.8) is 0 Å². The van der Waals surface area contributed by atoms with Gasteiger partial charge in [0.15, 0.2) is 0 Å². The van der Waals surface area contributed by atoms with Crippen molar-refractivity contribution in [2.75, 3.05) is 31.1 Å². The summed E-state index contributed by atoms with van der Waals surface area (Å²) in [6.07, 6.45) is 4.21. The monoisotopic (exact) mass is 316 g/mol. The van der Waals surface area contributed by atoms with E-state index in [1.54, 1.807) is 23.0 Å². The Hall–Kier alpha value is -2.37. The third-order valence-corrected chi connectivity index (χ3v) is 4.30. The van der Waals surface area contributed by atoms with Crippen molar-refractivity contribution in [1.82, 2.24) is 14.7 Å². The molecule has 0 radical (unpaired) electrons. The smallest absolute Gasteiger partial charge is 0.247 e. The molecule has 122 valence electrons. The van der Waals surface area contributed by atoms with Crippen molar-refractivity contribution in [3.05, 3.63) is 48.5 Å². The van der Waals surface area contributed by atoms with Crippen molar-refractivity contribution >= 4 is 11.6 Å². The largest absolute Gasteiger partial charge is 0.366 e. The Morgan fingerprint density at radius 2 is 1.96 bits per heavy atom. The fraction of sp³-hybridized carbons (Fsp3) is 0.412. The summed E-state index contributed by atoms with van der Waals surface area (Å²) in [7, 11) is 0. The molecule has 5 nitrogen and oxygen atoms in total. The number of hydrogen-bond donors (Lipinski definition) is 0. The van der Waals surface area contributed by atoms with Gasteiger partial charge in [-0.3, -0.25) is 9.48 Å². The number of carbonyl (C=O) groups is 1. The maximum Gasteiger partial charge on any atom is 0.247 e. The first-order valence-electron chi connectivity index (χ1n) is 7.98. The summed E-state index contributed by atoms with van der Waals surface area (Å²) in [6, 6.07) is 8.34. The molecule has 0 spiro atoms. The molecule has 0 aliphatic carbocycles. The third kappa shape index (κ3) is 3.21. The molecular weight excluding hydrogens is 295 g/mol. The van der Waals surface area contributed by atoms with Crippen molar-refractivity contribution in [2.45, 2.75) is 19.4 Å². The topological polar surface area (TPSA) is 41.4 Å². The number of amides is 1. The van der Waals surface area contributed by atoms with Gasteiger partial charge in [-0.2, -0.15) is 5.10 Å². The lowest BCUT2D eigenvalue weighted by atomic mass is 10.1. The van der Waals surface area contributed by atoms with Gasteiger partial charge in [-0.1, -0.05) is 19.1 Å². The Balaban J connectivity index is 1.64. The van der Waals surface area contributed by atoms with Crippen molar-refractivity contribution in [2.24, 2.45) is 0 Å². The van der Waals surface area contributed by atoms with Crippen molar-refractivity contribution < 1.29 is 9.18 Å². The molecular formula is C17H21FN4O. The SMILES string of the molecule is CC[C@@H](C(=O)N1CCN(c2ccccc2F)CC1)n1cccn1. The lowest BCUT2D eigenvalue weighted by Crippen LogP contribution is -2.50. The lowest BCUT2D eigenvalue weighted by Gasteiger charge is -2.37. The molecule has 1 aliphatic heterocycles. The highest BCUT2D eigenvalue weighted by Crippen LogP contribution is 2.21. The molecule has 0 N–H and O–H groups in total. The first kappa shape index (κ1) is 15.5. The van der Waals surface area contributed by atoms with Crippen LogP contribution in [0.2, 0.25) is 0 Å². The second-order valence-corrected chi connectivity index (χ2v) is 5.67. The van der Waals surface area contributed by atoms with E-state index < -0.39 is 0 Å². The molecule has 1 amide bonds. The summed E-state index contributed by atoms with van der Waals surface area (Å²) in [4.78, 5) is 16.6. The Labute approximate surface area is 135 Å². The highest BCUT2D eigenvalue weighted by molar-refractivity contribution is 5.80. The van der Waals surface area contributed by atoms with E-state index in [1.165, 1.54) is 6.07 Å². The van der Waals surface area contributed by atoms with Crippen LogP contribution in [0.3, 0.4) is 0 Å². The first-order chi connectivity index (χ1) is 11.2. The summed E-state index contributed by atoms with van der Waals surface area (Å²) in [5.41, 5.74) is 0.610. The van der Waals surface area contributed by atoms with E-state index >= 15 is 0 Å². The standard InChI is InChI=1S/C17H21FN4O/c1-2-15(22-9-5-8-19-22)17(23)21-12-10-20(11-13-21)16-7-4-3-6-14(16)18/h3-9,15H,2,10-13H2,1H3/t15-/m0/s1. The highest BCUT2D eigenvalue weighted by atomic mass is 19.1. The van der Waals surface area contributed by atoms with E-state index in [9.17, 15) is 9.18 Å². The average molecular weight is 316 g/mol. The fourth-order valence-corrected chi connectivity index (χ4v) is 3.03. The maximum atomic E-state index is 13.9. The van der Waals surface area contributed by atoms with Crippen LogP contribution < -0.4 is 4.90 Å². The molecule has 1 aromatic heterocycles. The number of anilines is 1. The second kappa shape index (κ2) is 6.81. The van der Waals surface area contributed by atoms with E-state index in [1.807, 2.05) is 35.1 Å². The van der Waals surface area contributed by atoms with E-state index in [2.05, 4.69) is 5.10 Å². The summed E-state index contributed by atoms with van der Waals surface area (Å²) in [5, 5.41) is 4.19. The van der Waals surface area contributed by atoms with Crippen LogP contribution in [0.4, 0.5) is 10.1 Å². The number of hydrogen-bond acceptors (Lipinski definition) is 3. The van der Waals surface area contributed by atoms with Gasteiger partial charge < -0.3 is 9.80 Å². The Bertz CT molecular complexity index is 650. The minimum atomic E-state index is -0.259. The molecule has 1 aromatic carbocycles. The predicted molar refractivity (Wildman–Crippen MR) is 86.7 cm³/mol. The highest BCUT2D eigenvalue weighted by Gasteiger charge is 2.28. The van der Waals surface area contributed by atoms with Gasteiger partial charge in [-0.25, -0.2) is 4.39 Å². The van der Waals surface area contributed by atoms with Gasteiger partial charge in [-0.05, 0) is 24.6 Å². The number of aromatic nitrogens is 2. The van der Waals surface area contributed by atoms with E-state index in [0.29, 0.717) is 38.3 Å². The van der Waals surface area contributed by atoms with Gasteiger partial charge in [0.2, 0.25) is 5.91 Å². The molecule has 1 atom stereocenters. The molecule has 23 heavy (non-hydrogen) atoms. The molecule has 1 saturated heterocycles. The minimum Gasteiger partial charge on any atom is -0.366 e. The number of carbonyl (C=O) groups excluding carboxylic acids is 1. The molecule has 2 aromatic rings. The van der Waals surface area contributed by atoms with Crippen LogP contribution in [0.15, 0.2) is 42.7 Å². The summed E-state index contributed by atoms with van der Waals surface area (Å²) in [6.45, 7) is 4.47. The Kier molecular flexibility index (Phi) is 4.60. The number of benzene rings is 1. The van der Waals surface area contributed by atoms with Crippen LogP contribution in [-0.4, -0.2) is 46.8 Å². The van der Waals surface area contributed by atoms with Crippen molar-refractivity contribution in [1.29, 1.82) is 0 Å². The third-order valence-electron chi connectivity index (χ3n) is 4.30. The van der Waals surface area contributed by atoms with Gasteiger partial charge in [0, 0.05) is 38.6 Å². The Morgan fingerprint density at radius 1 is 1.22 bits per heavy atom. The average Bonchev–Trinajstić information content (AvgIpc) is 3.10. The van der Waals surface area contributed by atoms with Gasteiger partial charge in [0.25, 0.3) is 0 Å². The molecule has 6 heteroatoms. The van der Waals surface area contributed by atoms with Crippen LogP contribution >= 0.6 is 0 Å². The number of rotatable bonds is 4. The molecule has 0 bridgehead atoms. The minimum absolute atomic E-state index is 0.0874. The summed E-state index contributed by atoms with van der Waals surface area (Å²) < 4.78 is 15.6. The van der Waals surface area contributed by atoms with Crippen LogP contribution in [0.5, 0.6) is 0 Å². The second-order valence-electron chi connectivity index (χ2n) is 5.67. The first-order valence-corrected chi connectivity index (χ1v) is 7.98. The van der Waals surface area contributed by atoms with Crippen LogP contribution in [-0.2, 0) is 4.79 Å². The maximum absolute atomic E-state index is 13.9. The zero-order valence-electron chi connectivity index (χ0n) is 13.2. The normalized spacial score (nSPS) is 16.4. The van der Waals surface area contributed by atoms with Gasteiger partial charge in [0.1, 0.15) is 11.9 Å². The molecule has 3 rings (SSSR count). The van der Waals surface area contributed by atoms with Crippen LogP contribution in [0.25, 0.3) is 0 Å². The number of piperazine rings is 1. The van der Waals surface area contributed by atoms with E-state index in [0.717, 1.165) is 0 Å². The van der Waals surface area contributed by atoms with Crippen LogP contribution in [0.1, 0.15) is 19.4 Å². The Morgan fingerprint density at radius 3 is 2.57 bits per heavy atom. The summed E-state index contributed by atoms with van der Waals surface area (Å²) >= 11 is 0. The molecule has 2 heterocycles. The lowest BCUT2D eigenvalue weighted by molar-refractivity contribution is -0.135. The fourth-order valence-electron chi connectivity index (χ4n) is 3.03. The predicted octanol–water partition coefficient (Wildman–Crippen LogP) is 2.32. The quantitative estimate of drug-likeness (QED) is 0.869. The molecule has 1 fully saturated rings. The van der Waals surface area contributed by atoms with Gasteiger partial charge in [0.05, 0.1) is 5.69 Å².